The van der Waals surface area contributed by atoms with Crippen LogP contribution in [0.25, 0.3) is 22.9 Å². The number of carbonyl (C=O) groups is 1. The highest BCUT2D eigenvalue weighted by atomic mass is 16.4. The molecule has 1 N–H and O–H groups in total. The number of benzene rings is 2. The first-order chi connectivity index (χ1) is 10.2. The van der Waals surface area contributed by atoms with Gasteiger partial charge in [-0.3, -0.25) is 4.79 Å². The minimum absolute atomic E-state index is 0.105. The van der Waals surface area contributed by atoms with Crippen molar-refractivity contribution in [1.82, 2.24) is 10.2 Å². The number of carbonyl (C=O) groups excluding carboxylic acids is 1. The van der Waals surface area contributed by atoms with Crippen molar-refractivity contribution < 1.29 is 9.21 Å². The minimum atomic E-state index is -0.105. The van der Waals surface area contributed by atoms with Crippen LogP contribution < -0.4 is 5.32 Å². The Labute approximate surface area is 121 Å². The highest BCUT2D eigenvalue weighted by molar-refractivity contribution is 5.88. The van der Waals surface area contributed by atoms with Crippen molar-refractivity contribution in [3.05, 3.63) is 54.6 Å². The Kier molecular flexibility index (Phi) is 3.47. The fourth-order valence-electron chi connectivity index (χ4n) is 1.94. The average Bonchev–Trinajstić information content (AvgIpc) is 2.98. The summed E-state index contributed by atoms with van der Waals surface area (Å²) >= 11 is 0. The van der Waals surface area contributed by atoms with Crippen LogP contribution in [0.1, 0.15) is 6.92 Å². The number of hydrogen-bond donors (Lipinski definition) is 1. The lowest BCUT2D eigenvalue weighted by atomic mass is 10.2. The maximum absolute atomic E-state index is 11.0. The molecular weight excluding hydrogens is 266 g/mol. The molecule has 3 aromatic rings. The van der Waals surface area contributed by atoms with Crippen molar-refractivity contribution in [3.8, 4) is 22.9 Å². The van der Waals surface area contributed by atoms with Crippen LogP contribution in [-0.2, 0) is 4.79 Å². The van der Waals surface area contributed by atoms with Gasteiger partial charge in [-0.05, 0) is 36.4 Å². The SMILES string of the molecule is CC(=O)Nc1ccc(-c2nnc(-c3ccccc3)o2)cc1. The maximum atomic E-state index is 11.0. The smallest absolute Gasteiger partial charge is 0.248 e. The van der Waals surface area contributed by atoms with Gasteiger partial charge in [0.25, 0.3) is 0 Å². The zero-order valence-corrected chi connectivity index (χ0v) is 11.4. The van der Waals surface area contributed by atoms with Gasteiger partial charge >= 0.3 is 0 Å². The molecule has 1 aromatic heterocycles. The lowest BCUT2D eigenvalue weighted by molar-refractivity contribution is -0.114. The molecule has 0 unspecified atom stereocenters. The van der Waals surface area contributed by atoms with Gasteiger partial charge in [0.05, 0.1) is 0 Å². The molecule has 21 heavy (non-hydrogen) atoms. The van der Waals surface area contributed by atoms with Gasteiger partial charge in [-0.1, -0.05) is 18.2 Å². The van der Waals surface area contributed by atoms with Crippen LogP contribution in [0.5, 0.6) is 0 Å². The number of aromatic nitrogens is 2. The third-order valence-electron chi connectivity index (χ3n) is 2.90. The molecule has 0 radical (unpaired) electrons. The first-order valence-electron chi connectivity index (χ1n) is 6.49. The molecule has 5 nitrogen and oxygen atoms in total. The number of amides is 1. The molecule has 0 aliphatic carbocycles. The van der Waals surface area contributed by atoms with Gasteiger partial charge in [0.2, 0.25) is 17.7 Å². The number of hydrogen-bond acceptors (Lipinski definition) is 4. The van der Waals surface area contributed by atoms with Crippen molar-refractivity contribution in [2.45, 2.75) is 6.92 Å². The van der Waals surface area contributed by atoms with E-state index in [1.807, 2.05) is 42.5 Å². The molecule has 0 saturated carbocycles. The van der Waals surface area contributed by atoms with E-state index in [0.717, 1.165) is 16.8 Å². The number of anilines is 1. The molecule has 1 heterocycles. The maximum Gasteiger partial charge on any atom is 0.248 e. The first-order valence-corrected chi connectivity index (χ1v) is 6.49. The molecule has 0 aliphatic heterocycles. The molecule has 0 bridgehead atoms. The lowest BCUT2D eigenvalue weighted by Crippen LogP contribution is -2.05. The normalized spacial score (nSPS) is 10.3. The van der Waals surface area contributed by atoms with Crippen LogP contribution in [0.3, 0.4) is 0 Å². The number of nitrogens with zero attached hydrogens (tertiary/aromatic N) is 2. The monoisotopic (exact) mass is 279 g/mol. The van der Waals surface area contributed by atoms with E-state index in [1.165, 1.54) is 6.92 Å². The summed E-state index contributed by atoms with van der Waals surface area (Å²) in [6.45, 7) is 1.47. The van der Waals surface area contributed by atoms with Crippen LogP contribution in [0.4, 0.5) is 5.69 Å². The Morgan fingerprint density at radius 2 is 1.48 bits per heavy atom. The molecule has 3 rings (SSSR count). The van der Waals surface area contributed by atoms with Crippen LogP contribution in [0, 0.1) is 0 Å². The second-order valence-electron chi connectivity index (χ2n) is 4.54. The zero-order valence-electron chi connectivity index (χ0n) is 11.4. The topological polar surface area (TPSA) is 68.0 Å². The minimum Gasteiger partial charge on any atom is -0.416 e. The summed E-state index contributed by atoms with van der Waals surface area (Å²) in [4.78, 5) is 11.0. The fourth-order valence-corrected chi connectivity index (χ4v) is 1.94. The summed E-state index contributed by atoms with van der Waals surface area (Å²) in [7, 11) is 0. The Hall–Kier alpha value is -2.95. The molecule has 0 aliphatic rings. The van der Waals surface area contributed by atoms with Gasteiger partial charge in [0.1, 0.15) is 0 Å². The summed E-state index contributed by atoms with van der Waals surface area (Å²) in [5.74, 6) is 0.826. The highest BCUT2D eigenvalue weighted by Crippen LogP contribution is 2.24. The average molecular weight is 279 g/mol. The zero-order chi connectivity index (χ0) is 14.7. The summed E-state index contributed by atoms with van der Waals surface area (Å²) in [6.07, 6.45) is 0. The van der Waals surface area contributed by atoms with Gasteiger partial charge in [0.15, 0.2) is 0 Å². The van der Waals surface area contributed by atoms with Crippen molar-refractivity contribution in [2.75, 3.05) is 5.32 Å². The van der Waals surface area contributed by atoms with E-state index < -0.39 is 0 Å². The Morgan fingerprint density at radius 3 is 2.05 bits per heavy atom. The van der Waals surface area contributed by atoms with Crippen molar-refractivity contribution in [3.63, 3.8) is 0 Å². The molecule has 0 atom stereocenters. The second kappa shape index (κ2) is 5.58. The quantitative estimate of drug-likeness (QED) is 0.798. The predicted octanol–water partition coefficient (Wildman–Crippen LogP) is 3.36. The molecule has 0 fully saturated rings. The third kappa shape index (κ3) is 2.97. The van der Waals surface area contributed by atoms with E-state index in [2.05, 4.69) is 15.5 Å². The Bertz CT molecular complexity index is 749. The van der Waals surface area contributed by atoms with Crippen LogP contribution in [0.15, 0.2) is 59.0 Å². The molecule has 2 aromatic carbocycles. The largest absolute Gasteiger partial charge is 0.416 e. The predicted molar refractivity (Wildman–Crippen MR) is 79.5 cm³/mol. The van der Waals surface area contributed by atoms with Gasteiger partial charge in [-0.2, -0.15) is 0 Å². The lowest BCUT2D eigenvalue weighted by Gasteiger charge is -2.01. The van der Waals surface area contributed by atoms with E-state index in [-0.39, 0.29) is 5.91 Å². The number of rotatable bonds is 3. The van der Waals surface area contributed by atoms with E-state index in [9.17, 15) is 4.79 Å². The van der Waals surface area contributed by atoms with Crippen molar-refractivity contribution >= 4 is 11.6 Å². The van der Waals surface area contributed by atoms with Crippen LogP contribution >= 0.6 is 0 Å². The van der Waals surface area contributed by atoms with E-state index >= 15 is 0 Å². The Morgan fingerprint density at radius 1 is 0.905 bits per heavy atom. The van der Waals surface area contributed by atoms with Gasteiger partial charge in [-0.25, -0.2) is 0 Å². The van der Waals surface area contributed by atoms with Crippen LogP contribution in [-0.4, -0.2) is 16.1 Å². The summed E-state index contributed by atoms with van der Waals surface area (Å²) in [5.41, 5.74) is 2.42. The van der Waals surface area contributed by atoms with E-state index in [0.29, 0.717) is 11.8 Å². The number of nitrogens with one attached hydrogen (secondary N) is 1. The fraction of sp³-hybridized carbons (Fsp3) is 0.0625. The summed E-state index contributed by atoms with van der Waals surface area (Å²) in [6, 6.07) is 16.8. The van der Waals surface area contributed by atoms with Crippen molar-refractivity contribution in [2.24, 2.45) is 0 Å². The molecule has 0 saturated heterocycles. The van der Waals surface area contributed by atoms with E-state index in [4.69, 9.17) is 4.42 Å². The molecule has 1 amide bonds. The van der Waals surface area contributed by atoms with Gasteiger partial charge < -0.3 is 9.73 Å². The van der Waals surface area contributed by atoms with Crippen LogP contribution in [0.2, 0.25) is 0 Å². The third-order valence-corrected chi connectivity index (χ3v) is 2.90. The standard InChI is InChI=1S/C16H13N3O2/c1-11(20)17-14-9-7-13(8-10-14)16-19-18-15(21-16)12-5-3-2-4-6-12/h2-10H,1H3,(H,17,20). The summed E-state index contributed by atoms with van der Waals surface area (Å²) < 4.78 is 5.67. The second-order valence-corrected chi connectivity index (χ2v) is 4.54. The molecular formula is C16H13N3O2. The molecule has 5 heteroatoms. The van der Waals surface area contributed by atoms with E-state index in [1.54, 1.807) is 12.1 Å². The van der Waals surface area contributed by atoms with Crippen molar-refractivity contribution in [1.29, 1.82) is 0 Å². The first kappa shape index (κ1) is 13.1. The highest BCUT2D eigenvalue weighted by Gasteiger charge is 2.10. The van der Waals surface area contributed by atoms with Gasteiger partial charge in [0, 0.05) is 23.7 Å². The van der Waals surface area contributed by atoms with Gasteiger partial charge in [-0.15, -0.1) is 10.2 Å². The molecule has 0 spiro atoms. The summed E-state index contributed by atoms with van der Waals surface area (Å²) in [5, 5.41) is 10.8. The Balaban J connectivity index is 1.85. The molecule has 104 valence electrons.